The van der Waals surface area contributed by atoms with E-state index in [1.807, 2.05) is 12.1 Å². The van der Waals surface area contributed by atoms with E-state index < -0.39 is 0 Å². The largest absolute Gasteiger partial charge is 0.496 e. The van der Waals surface area contributed by atoms with Gasteiger partial charge < -0.3 is 14.2 Å². The maximum atomic E-state index is 12.3. The summed E-state index contributed by atoms with van der Waals surface area (Å²) in [7, 11) is 1.69. The van der Waals surface area contributed by atoms with Crippen LogP contribution in [0, 0.1) is 0 Å². The number of ether oxygens (including phenoxy) is 3. The first-order valence-electron chi connectivity index (χ1n) is 10.1. The summed E-state index contributed by atoms with van der Waals surface area (Å²) in [5.41, 5.74) is 1.86. The fraction of sp³-hybridized carbons (Fsp3) is 0.696. The van der Waals surface area contributed by atoms with E-state index >= 15 is 0 Å². The monoisotopic (exact) mass is 376 g/mol. The molecule has 0 radical (unpaired) electrons. The molecular formula is C23H36O4. The molecule has 0 aliphatic heterocycles. The molecule has 2 rings (SSSR count). The van der Waals surface area contributed by atoms with Crippen LogP contribution in [0.1, 0.15) is 84.8 Å². The number of carbonyl (C=O) groups is 1. The zero-order chi connectivity index (χ0) is 20.2. The second kappa shape index (κ2) is 8.53. The summed E-state index contributed by atoms with van der Waals surface area (Å²) in [6.45, 7) is 12.8. The molecule has 1 aliphatic carbocycles. The fourth-order valence-corrected chi connectivity index (χ4v) is 3.56. The molecule has 0 unspecified atom stereocenters. The van der Waals surface area contributed by atoms with Crippen molar-refractivity contribution < 1.29 is 19.0 Å². The van der Waals surface area contributed by atoms with Gasteiger partial charge in [0.15, 0.2) is 6.61 Å². The molecule has 1 aliphatic rings. The van der Waals surface area contributed by atoms with Gasteiger partial charge >= 0.3 is 5.97 Å². The lowest BCUT2D eigenvalue weighted by molar-refractivity contribution is -0.152. The van der Waals surface area contributed by atoms with Gasteiger partial charge in [0.2, 0.25) is 0 Å². The summed E-state index contributed by atoms with van der Waals surface area (Å²) in [5, 5.41) is 0. The predicted octanol–water partition coefficient (Wildman–Crippen LogP) is 5.54. The van der Waals surface area contributed by atoms with E-state index in [-0.39, 0.29) is 29.5 Å². The van der Waals surface area contributed by atoms with Crippen LogP contribution in [0.5, 0.6) is 11.5 Å². The van der Waals surface area contributed by atoms with E-state index in [2.05, 4.69) is 41.5 Å². The smallest absolute Gasteiger partial charge is 0.344 e. The number of esters is 1. The van der Waals surface area contributed by atoms with Crippen molar-refractivity contribution in [2.45, 2.75) is 90.6 Å². The highest BCUT2D eigenvalue weighted by Gasteiger charge is 2.27. The van der Waals surface area contributed by atoms with Crippen LogP contribution in [-0.4, -0.2) is 25.8 Å². The standard InChI is InChI=1S/C23H36O4/c1-22(2,3)17-14-20(18(23(4,5)6)13-19(17)25-7)26-15-21(24)27-16-11-9-8-10-12-16/h13-14,16H,8-12,15H2,1-7H3. The molecule has 0 atom stereocenters. The quantitative estimate of drug-likeness (QED) is 0.633. The van der Waals surface area contributed by atoms with Crippen LogP contribution in [0.3, 0.4) is 0 Å². The van der Waals surface area contributed by atoms with Crippen LogP contribution < -0.4 is 9.47 Å². The number of methoxy groups -OCH3 is 1. The van der Waals surface area contributed by atoms with Crippen molar-refractivity contribution in [3.63, 3.8) is 0 Å². The lowest BCUT2D eigenvalue weighted by Gasteiger charge is -2.28. The highest BCUT2D eigenvalue weighted by molar-refractivity contribution is 5.71. The summed E-state index contributed by atoms with van der Waals surface area (Å²) in [6.07, 6.45) is 5.51. The topological polar surface area (TPSA) is 44.8 Å². The van der Waals surface area contributed by atoms with Crippen molar-refractivity contribution in [1.29, 1.82) is 0 Å². The molecule has 0 heterocycles. The first kappa shape index (κ1) is 21.6. The Labute approximate surface area is 164 Å². The zero-order valence-electron chi connectivity index (χ0n) is 18.1. The van der Waals surface area contributed by atoms with Gasteiger partial charge in [0, 0.05) is 11.1 Å². The van der Waals surface area contributed by atoms with Crippen molar-refractivity contribution in [2.24, 2.45) is 0 Å². The molecule has 1 saturated carbocycles. The van der Waals surface area contributed by atoms with Crippen molar-refractivity contribution in [2.75, 3.05) is 13.7 Å². The van der Waals surface area contributed by atoms with Crippen molar-refractivity contribution in [1.82, 2.24) is 0 Å². The first-order chi connectivity index (χ1) is 12.5. The van der Waals surface area contributed by atoms with Gasteiger partial charge in [0.05, 0.1) is 7.11 Å². The Hall–Kier alpha value is -1.71. The molecule has 1 aromatic rings. The van der Waals surface area contributed by atoms with Gasteiger partial charge in [0.25, 0.3) is 0 Å². The zero-order valence-corrected chi connectivity index (χ0v) is 18.1. The van der Waals surface area contributed by atoms with Gasteiger partial charge in [-0.25, -0.2) is 4.79 Å². The fourth-order valence-electron chi connectivity index (χ4n) is 3.56. The summed E-state index contributed by atoms with van der Waals surface area (Å²) in [4.78, 5) is 12.3. The predicted molar refractivity (Wildman–Crippen MR) is 109 cm³/mol. The third-order valence-electron chi connectivity index (χ3n) is 5.11. The molecule has 0 aromatic heterocycles. The minimum atomic E-state index is -0.283. The Kier molecular flexibility index (Phi) is 6.82. The number of carbonyl (C=O) groups excluding carboxylic acids is 1. The molecule has 4 nitrogen and oxygen atoms in total. The Bertz CT molecular complexity index is 644. The van der Waals surface area contributed by atoms with Crippen LogP contribution in [0.15, 0.2) is 12.1 Å². The maximum Gasteiger partial charge on any atom is 0.344 e. The van der Waals surface area contributed by atoms with E-state index in [0.717, 1.165) is 48.3 Å². The van der Waals surface area contributed by atoms with Gasteiger partial charge in [-0.05, 0) is 48.6 Å². The average Bonchev–Trinajstić information content (AvgIpc) is 2.58. The van der Waals surface area contributed by atoms with Gasteiger partial charge in [0.1, 0.15) is 17.6 Å². The molecule has 1 aromatic carbocycles. The van der Waals surface area contributed by atoms with Gasteiger partial charge in [-0.3, -0.25) is 0 Å². The molecule has 0 bridgehead atoms. The molecule has 0 N–H and O–H groups in total. The van der Waals surface area contributed by atoms with Crippen molar-refractivity contribution in [3.05, 3.63) is 23.3 Å². The van der Waals surface area contributed by atoms with Crippen molar-refractivity contribution in [3.8, 4) is 11.5 Å². The van der Waals surface area contributed by atoms with Crippen LogP contribution in [0.2, 0.25) is 0 Å². The Balaban J connectivity index is 2.21. The number of hydrogen-bond donors (Lipinski definition) is 0. The Morgan fingerprint density at radius 2 is 1.44 bits per heavy atom. The second-order valence-corrected chi connectivity index (χ2v) is 9.59. The number of rotatable bonds is 5. The van der Waals surface area contributed by atoms with E-state index in [1.165, 1.54) is 6.42 Å². The third-order valence-corrected chi connectivity index (χ3v) is 5.11. The molecular weight excluding hydrogens is 340 g/mol. The normalized spacial score (nSPS) is 16.1. The average molecular weight is 377 g/mol. The van der Waals surface area contributed by atoms with Crippen LogP contribution in [0.25, 0.3) is 0 Å². The number of hydrogen-bond acceptors (Lipinski definition) is 4. The summed E-state index contributed by atoms with van der Waals surface area (Å²) >= 11 is 0. The molecule has 152 valence electrons. The van der Waals surface area contributed by atoms with Crippen LogP contribution in [-0.2, 0) is 20.4 Å². The molecule has 1 fully saturated rings. The summed E-state index contributed by atoms with van der Waals surface area (Å²) < 4.78 is 17.2. The van der Waals surface area contributed by atoms with Crippen molar-refractivity contribution >= 4 is 5.97 Å². The van der Waals surface area contributed by atoms with Crippen LogP contribution in [0.4, 0.5) is 0 Å². The molecule has 0 saturated heterocycles. The van der Waals surface area contributed by atoms with Gasteiger partial charge in [-0.2, -0.15) is 0 Å². The van der Waals surface area contributed by atoms with E-state index in [9.17, 15) is 4.79 Å². The first-order valence-corrected chi connectivity index (χ1v) is 10.1. The highest BCUT2D eigenvalue weighted by atomic mass is 16.6. The minimum Gasteiger partial charge on any atom is -0.496 e. The Morgan fingerprint density at radius 1 is 0.926 bits per heavy atom. The van der Waals surface area contributed by atoms with E-state index in [0.29, 0.717) is 0 Å². The third kappa shape index (κ3) is 5.88. The van der Waals surface area contributed by atoms with Gasteiger partial charge in [-0.15, -0.1) is 0 Å². The van der Waals surface area contributed by atoms with E-state index in [1.54, 1.807) is 7.11 Å². The molecule has 0 spiro atoms. The summed E-state index contributed by atoms with van der Waals surface area (Å²) in [5.74, 6) is 1.30. The molecule has 0 amide bonds. The molecule has 4 heteroatoms. The molecule has 27 heavy (non-hydrogen) atoms. The minimum absolute atomic E-state index is 0.0536. The second-order valence-electron chi connectivity index (χ2n) is 9.59. The summed E-state index contributed by atoms with van der Waals surface area (Å²) in [6, 6.07) is 4.07. The SMILES string of the molecule is COc1cc(C(C)(C)C)c(OCC(=O)OC2CCCCC2)cc1C(C)(C)C. The Morgan fingerprint density at radius 3 is 1.96 bits per heavy atom. The maximum absolute atomic E-state index is 12.3. The lowest BCUT2D eigenvalue weighted by atomic mass is 9.81. The highest BCUT2D eigenvalue weighted by Crippen LogP contribution is 2.41. The number of benzene rings is 1. The van der Waals surface area contributed by atoms with E-state index in [4.69, 9.17) is 14.2 Å². The van der Waals surface area contributed by atoms with Gasteiger partial charge in [-0.1, -0.05) is 48.0 Å². The lowest BCUT2D eigenvalue weighted by Crippen LogP contribution is -2.25. The van der Waals surface area contributed by atoms with Crippen LogP contribution >= 0.6 is 0 Å².